The van der Waals surface area contributed by atoms with Gasteiger partial charge in [0.1, 0.15) is 5.41 Å². The molecule has 1 aromatic rings. The molecule has 2 unspecified atom stereocenters. The van der Waals surface area contributed by atoms with Crippen LogP contribution in [0.15, 0.2) is 30.3 Å². The molecule has 0 aromatic heterocycles. The number of piperidine rings is 1. The van der Waals surface area contributed by atoms with E-state index in [1.807, 2.05) is 35.2 Å². The van der Waals surface area contributed by atoms with Crippen molar-refractivity contribution in [3.63, 3.8) is 0 Å². The number of halogens is 2. The van der Waals surface area contributed by atoms with Crippen LogP contribution >= 0.6 is 0 Å². The molecule has 3 rings (SSSR count). The number of rotatable bonds is 3. The van der Waals surface area contributed by atoms with E-state index in [4.69, 9.17) is 0 Å². The van der Waals surface area contributed by atoms with Gasteiger partial charge in [0.15, 0.2) is 0 Å². The summed E-state index contributed by atoms with van der Waals surface area (Å²) >= 11 is 0. The minimum atomic E-state index is -3.12. The maximum atomic E-state index is 14.8. The van der Waals surface area contributed by atoms with Crippen molar-refractivity contribution >= 4 is 5.97 Å². The van der Waals surface area contributed by atoms with Crippen molar-refractivity contribution in [1.82, 2.24) is 4.90 Å². The van der Waals surface area contributed by atoms with Gasteiger partial charge >= 0.3 is 5.97 Å². The van der Waals surface area contributed by atoms with Crippen LogP contribution in [0.25, 0.3) is 0 Å². The monoisotopic (exact) mass is 309 g/mol. The van der Waals surface area contributed by atoms with Gasteiger partial charge in [0.25, 0.3) is 5.92 Å². The Kier molecular flexibility index (Phi) is 3.93. The van der Waals surface area contributed by atoms with Gasteiger partial charge in [-0.1, -0.05) is 43.2 Å². The highest BCUT2D eigenvalue weighted by Crippen LogP contribution is 2.53. The van der Waals surface area contributed by atoms with Crippen molar-refractivity contribution in [2.45, 2.75) is 38.2 Å². The second-order valence-electron chi connectivity index (χ2n) is 6.61. The van der Waals surface area contributed by atoms with Gasteiger partial charge in [0.2, 0.25) is 0 Å². The highest BCUT2D eigenvalue weighted by Gasteiger charge is 2.66. The highest BCUT2D eigenvalue weighted by atomic mass is 19.3. The Morgan fingerprint density at radius 2 is 2.00 bits per heavy atom. The number of carbonyl (C=O) groups is 1. The lowest BCUT2D eigenvalue weighted by Crippen LogP contribution is -2.63. The van der Waals surface area contributed by atoms with E-state index < -0.39 is 23.2 Å². The van der Waals surface area contributed by atoms with Crippen LogP contribution in [-0.2, 0) is 11.3 Å². The Hall–Kier alpha value is -1.49. The molecule has 1 saturated heterocycles. The lowest BCUT2D eigenvalue weighted by atomic mass is 9.70. The predicted molar refractivity (Wildman–Crippen MR) is 78.7 cm³/mol. The van der Waals surface area contributed by atoms with Crippen LogP contribution in [0.4, 0.5) is 8.78 Å². The Morgan fingerprint density at radius 3 is 2.68 bits per heavy atom. The summed E-state index contributed by atoms with van der Waals surface area (Å²) in [5.74, 6) is -5.33. The fraction of sp³-hybridized carbons (Fsp3) is 0.588. The van der Waals surface area contributed by atoms with E-state index in [-0.39, 0.29) is 19.5 Å². The molecule has 0 amide bonds. The average Bonchev–Trinajstić information content (AvgIpc) is 2.55. The van der Waals surface area contributed by atoms with Gasteiger partial charge in [-0.15, -0.1) is 0 Å². The van der Waals surface area contributed by atoms with Crippen molar-refractivity contribution in [2.75, 3.05) is 13.1 Å². The van der Waals surface area contributed by atoms with Crippen LogP contribution < -0.4 is 0 Å². The minimum absolute atomic E-state index is 0.0666. The summed E-state index contributed by atoms with van der Waals surface area (Å²) in [7, 11) is 0. The SMILES string of the molecule is O=C(O)C12CCCCC(CN(Cc3ccccc3)C1)C2(F)F. The van der Waals surface area contributed by atoms with E-state index in [2.05, 4.69) is 0 Å². The fourth-order valence-corrected chi connectivity index (χ4v) is 3.98. The largest absolute Gasteiger partial charge is 0.481 e. The number of fused-ring (bicyclic) bond motifs is 2. The summed E-state index contributed by atoms with van der Waals surface area (Å²) in [5.41, 5.74) is -0.897. The first kappa shape index (κ1) is 15.4. The van der Waals surface area contributed by atoms with Gasteiger partial charge in [0, 0.05) is 25.6 Å². The Bertz CT molecular complexity index is 549. The molecule has 0 spiro atoms. The number of aliphatic carboxylic acids is 1. The van der Waals surface area contributed by atoms with E-state index in [9.17, 15) is 18.7 Å². The lowest BCUT2D eigenvalue weighted by Gasteiger charge is -2.48. The first-order chi connectivity index (χ1) is 10.5. The van der Waals surface area contributed by atoms with E-state index in [1.54, 1.807) is 0 Å². The van der Waals surface area contributed by atoms with Gasteiger partial charge < -0.3 is 5.11 Å². The molecule has 1 aliphatic heterocycles. The second-order valence-corrected chi connectivity index (χ2v) is 6.61. The molecule has 5 heteroatoms. The lowest BCUT2D eigenvalue weighted by molar-refractivity contribution is -0.218. The molecule has 1 heterocycles. The van der Waals surface area contributed by atoms with Crippen molar-refractivity contribution in [3.05, 3.63) is 35.9 Å². The van der Waals surface area contributed by atoms with Crippen LogP contribution in [0.2, 0.25) is 0 Å². The fourth-order valence-electron chi connectivity index (χ4n) is 3.98. The predicted octanol–water partition coefficient (Wildman–Crippen LogP) is 3.40. The van der Waals surface area contributed by atoms with E-state index in [1.165, 1.54) is 0 Å². The summed E-state index contributed by atoms with van der Waals surface area (Å²) < 4.78 is 29.6. The first-order valence-corrected chi connectivity index (χ1v) is 7.83. The Balaban J connectivity index is 1.90. The molecule has 0 radical (unpaired) electrons. The number of hydrogen-bond acceptors (Lipinski definition) is 2. The zero-order chi connectivity index (χ0) is 15.8. The van der Waals surface area contributed by atoms with Crippen molar-refractivity contribution in [1.29, 1.82) is 0 Å². The summed E-state index contributed by atoms with van der Waals surface area (Å²) in [6.45, 7) is 0.736. The van der Waals surface area contributed by atoms with E-state index in [0.717, 1.165) is 5.56 Å². The average molecular weight is 309 g/mol. The normalized spacial score (nSPS) is 31.5. The zero-order valence-corrected chi connectivity index (χ0v) is 12.5. The van der Waals surface area contributed by atoms with Crippen LogP contribution in [0.5, 0.6) is 0 Å². The molecule has 1 aromatic carbocycles. The Labute approximate surface area is 128 Å². The zero-order valence-electron chi connectivity index (χ0n) is 12.5. The molecule has 22 heavy (non-hydrogen) atoms. The van der Waals surface area contributed by atoms with Gasteiger partial charge in [-0.3, -0.25) is 9.69 Å². The van der Waals surface area contributed by atoms with E-state index >= 15 is 0 Å². The topological polar surface area (TPSA) is 40.5 Å². The number of carboxylic acids is 1. The molecule has 2 fully saturated rings. The number of alkyl halides is 2. The maximum Gasteiger partial charge on any atom is 0.317 e. The standard InChI is InChI=1S/C17H21F2NO2/c18-17(19)14-8-4-5-9-16(17,15(21)22)12-20(11-14)10-13-6-2-1-3-7-13/h1-3,6-7,14H,4-5,8-12H2,(H,21,22). The number of hydrogen-bond donors (Lipinski definition) is 1. The van der Waals surface area contributed by atoms with Gasteiger partial charge in [-0.2, -0.15) is 0 Å². The summed E-state index contributed by atoms with van der Waals surface area (Å²) in [6, 6.07) is 9.63. The smallest absolute Gasteiger partial charge is 0.317 e. The van der Waals surface area contributed by atoms with Crippen molar-refractivity contribution < 1.29 is 18.7 Å². The van der Waals surface area contributed by atoms with Crippen molar-refractivity contribution in [3.8, 4) is 0 Å². The first-order valence-electron chi connectivity index (χ1n) is 7.83. The molecule has 120 valence electrons. The molecule has 1 aliphatic carbocycles. The third kappa shape index (κ3) is 2.41. The molecule has 1 N–H and O–H groups in total. The maximum absolute atomic E-state index is 14.8. The quantitative estimate of drug-likeness (QED) is 0.930. The number of likely N-dealkylation sites (tertiary alicyclic amines) is 1. The van der Waals surface area contributed by atoms with Crippen LogP contribution in [-0.4, -0.2) is 35.0 Å². The van der Waals surface area contributed by atoms with Gasteiger partial charge in [-0.05, 0) is 18.4 Å². The summed E-state index contributed by atoms with van der Waals surface area (Å²) in [6.07, 6.45) is 1.73. The summed E-state index contributed by atoms with van der Waals surface area (Å²) in [5, 5.41) is 9.58. The van der Waals surface area contributed by atoms with Crippen LogP contribution in [0.3, 0.4) is 0 Å². The molecule has 2 aliphatic rings. The third-order valence-corrected chi connectivity index (χ3v) is 5.19. The van der Waals surface area contributed by atoms with Gasteiger partial charge in [-0.25, -0.2) is 8.78 Å². The number of carboxylic acid groups (broad SMARTS) is 1. The van der Waals surface area contributed by atoms with Gasteiger partial charge in [0.05, 0.1) is 0 Å². The summed E-state index contributed by atoms with van der Waals surface area (Å²) in [4.78, 5) is 13.6. The van der Waals surface area contributed by atoms with Crippen LogP contribution in [0, 0.1) is 11.3 Å². The molecule has 1 saturated carbocycles. The molecular weight excluding hydrogens is 288 g/mol. The molecule has 2 atom stereocenters. The number of nitrogens with zero attached hydrogens (tertiary/aromatic N) is 1. The molecule has 3 nitrogen and oxygen atoms in total. The third-order valence-electron chi connectivity index (χ3n) is 5.19. The highest BCUT2D eigenvalue weighted by molar-refractivity contribution is 5.77. The molecular formula is C17H21F2NO2. The number of benzene rings is 1. The van der Waals surface area contributed by atoms with Crippen LogP contribution in [0.1, 0.15) is 31.2 Å². The Morgan fingerprint density at radius 1 is 1.27 bits per heavy atom. The molecule has 2 bridgehead atoms. The second kappa shape index (κ2) is 5.61. The minimum Gasteiger partial charge on any atom is -0.481 e. The van der Waals surface area contributed by atoms with E-state index in [0.29, 0.717) is 25.8 Å². The van der Waals surface area contributed by atoms with Crippen molar-refractivity contribution in [2.24, 2.45) is 11.3 Å².